The van der Waals surface area contributed by atoms with E-state index >= 15 is 0 Å². The Morgan fingerprint density at radius 3 is 2.81 bits per heavy atom. The number of fused-ring (bicyclic) bond motifs is 3. The van der Waals surface area contributed by atoms with Gasteiger partial charge in [0.05, 0.1) is 30.4 Å². The van der Waals surface area contributed by atoms with Gasteiger partial charge in [-0.25, -0.2) is 4.98 Å². The lowest BCUT2D eigenvalue weighted by Crippen LogP contribution is -2.46. The first kappa shape index (κ1) is 17.4. The van der Waals surface area contributed by atoms with Crippen LogP contribution in [0.2, 0.25) is 0 Å². The number of piperidine rings is 1. The van der Waals surface area contributed by atoms with Crippen LogP contribution < -0.4 is 0 Å². The van der Waals surface area contributed by atoms with Gasteiger partial charge in [0.25, 0.3) is 0 Å². The molecule has 3 atom stereocenters. The lowest BCUT2D eigenvalue weighted by Gasteiger charge is -2.40. The maximum atomic E-state index is 11.0. The van der Waals surface area contributed by atoms with E-state index in [0.717, 1.165) is 45.4 Å². The molecule has 3 aliphatic heterocycles. The number of rotatable bonds is 4. The summed E-state index contributed by atoms with van der Waals surface area (Å²) < 4.78 is 8.18. The summed E-state index contributed by atoms with van der Waals surface area (Å²) in [5.41, 5.74) is 3.76. The first-order valence-electron chi connectivity index (χ1n) is 10.5. The van der Waals surface area contributed by atoms with Crippen molar-refractivity contribution in [2.45, 2.75) is 56.9 Å². The summed E-state index contributed by atoms with van der Waals surface area (Å²) >= 11 is 0. The zero-order valence-corrected chi connectivity index (χ0v) is 15.8. The van der Waals surface area contributed by atoms with E-state index in [4.69, 9.17) is 4.74 Å². The van der Waals surface area contributed by atoms with Crippen molar-refractivity contribution in [1.82, 2.24) is 14.5 Å². The van der Waals surface area contributed by atoms with Crippen LogP contribution in [0, 0.1) is 5.92 Å². The van der Waals surface area contributed by atoms with Gasteiger partial charge < -0.3 is 14.4 Å². The standard InChI is InChI=1S/C22H29N3O2/c26-21(16-8-10-24(11-9-16)22-7-3-4-12-27-22)13-19-17-5-1-2-6-18(17)20-14-23-15-25(19)20/h1-2,5-6,14-16,19,21-22,26H,3-4,7-13H2/t19-,21-,22?/m0/s1. The fraction of sp³-hybridized carbons (Fsp3) is 0.591. The molecule has 0 aliphatic carbocycles. The zero-order valence-electron chi connectivity index (χ0n) is 15.8. The van der Waals surface area contributed by atoms with E-state index < -0.39 is 0 Å². The predicted octanol–water partition coefficient (Wildman–Crippen LogP) is 3.44. The second-order valence-corrected chi connectivity index (χ2v) is 8.29. The van der Waals surface area contributed by atoms with Crippen LogP contribution in [0.1, 0.15) is 50.1 Å². The highest BCUT2D eigenvalue weighted by atomic mass is 16.5. The van der Waals surface area contributed by atoms with Crippen LogP contribution in [0.5, 0.6) is 0 Å². The van der Waals surface area contributed by atoms with Crippen LogP contribution in [0.25, 0.3) is 11.3 Å². The number of aromatic nitrogens is 2. The molecule has 1 aromatic heterocycles. The van der Waals surface area contributed by atoms with Crippen molar-refractivity contribution in [2.75, 3.05) is 19.7 Å². The van der Waals surface area contributed by atoms with Gasteiger partial charge in [-0.2, -0.15) is 0 Å². The zero-order chi connectivity index (χ0) is 18.2. The summed E-state index contributed by atoms with van der Waals surface area (Å²) in [5.74, 6) is 0.379. The number of aliphatic hydroxyl groups excluding tert-OH is 1. The molecule has 1 unspecified atom stereocenters. The van der Waals surface area contributed by atoms with Crippen molar-refractivity contribution in [2.24, 2.45) is 5.92 Å². The Balaban J connectivity index is 1.23. The fourth-order valence-electron chi connectivity index (χ4n) is 5.20. The molecule has 0 amide bonds. The van der Waals surface area contributed by atoms with Crippen LogP contribution in [0.4, 0.5) is 0 Å². The first-order valence-corrected chi connectivity index (χ1v) is 10.5. The first-order chi connectivity index (χ1) is 13.3. The smallest absolute Gasteiger partial charge is 0.110 e. The maximum absolute atomic E-state index is 11.0. The lowest BCUT2D eigenvalue weighted by atomic mass is 9.86. The molecule has 0 saturated carbocycles. The molecule has 27 heavy (non-hydrogen) atoms. The summed E-state index contributed by atoms with van der Waals surface area (Å²) in [6.45, 7) is 3.00. The Labute approximate surface area is 161 Å². The van der Waals surface area contributed by atoms with Crippen molar-refractivity contribution in [3.05, 3.63) is 42.4 Å². The summed E-state index contributed by atoms with van der Waals surface area (Å²) in [6.07, 6.45) is 10.4. The van der Waals surface area contributed by atoms with Gasteiger partial charge in [0.15, 0.2) is 0 Å². The van der Waals surface area contributed by atoms with Gasteiger partial charge in [0, 0.05) is 25.3 Å². The summed E-state index contributed by atoms with van der Waals surface area (Å²) in [7, 11) is 0. The average Bonchev–Trinajstić information content (AvgIpc) is 3.32. The van der Waals surface area contributed by atoms with Gasteiger partial charge in [-0.15, -0.1) is 0 Å². The van der Waals surface area contributed by atoms with Crippen LogP contribution >= 0.6 is 0 Å². The quantitative estimate of drug-likeness (QED) is 0.899. The van der Waals surface area contributed by atoms with E-state index in [9.17, 15) is 5.11 Å². The normalized spacial score (nSPS) is 27.3. The molecule has 1 aromatic carbocycles. The Kier molecular flexibility index (Phi) is 4.76. The third-order valence-corrected chi connectivity index (χ3v) is 6.74. The third-order valence-electron chi connectivity index (χ3n) is 6.74. The van der Waals surface area contributed by atoms with E-state index in [1.165, 1.54) is 29.7 Å². The fourth-order valence-corrected chi connectivity index (χ4v) is 5.20. The Bertz CT molecular complexity index is 775. The second kappa shape index (κ2) is 7.38. The minimum absolute atomic E-state index is 0.202. The molecule has 0 radical (unpaired) electrons. The molecule has 2 fully saturated rings. The third kappa shape index (κ3) is 3.22. The van der Waals surface area contributed by atoms with Crippen molar-refractivity contribution in [3.8, 4) is 11.3 Å². The van der Waals surface area contributed by atoms with E-state index in [2.05, 4.69) is 38.7 Å². The number of hydrogen-bond donors (Lipinski definition) is 1. The van der Waals surface area contributed by atoms with Crippen LogP contribution in [0.15, 0.2) is 36.8 Å². The molecule has 1 N–H and O–H groups in total. The molecule has 144 valence electrons. The number of hydrogen-bond acceptors (Lipinski definition) is 4. The number of nitrogens with zero attached hydrogens (tertiary/aromatic N) is 3. The predicted molar refractivity (Wildman–Crippen MR) is 104 cm³/mol. The molecule has 0 spiro atoms. The molecule has 0 bridgehead atoms. The molecule has 5 nitrogen and oxygen atoms in total. The van der Waals surface area contributed by atoms with Crippen LogP contribution in [0.3, 0.4) is 0 Å². The van der Waals surface area contributed by atoms with Gasteiger partial charge in [0.1, 0.15) is 6.23 Å². The van der Waals surface area contributed by atoms with Gasteiger partial charge >= 0.3 is 0 Å². The second-order valence-electron chi connectivity index (χ2n) is 8.29. The van der Waals surface area contributed by atoms with E-state index in [1.54, 1.807) is 0 Å². The molecule has 5 heteroatoms. The summed E-state index contributed by atoms with van der Waals surface area (Å²) in [6, 6.07) is 8.74. The monoisotopic (exact) mass is 367 g/mol. The van der Waals surface area contributed by atoms with E-state index in [-0.39, 0.29) is 12.1 Å². The molecule has 4 heterocycles. The number of benzene rings is 1. The van der Waals surface area contributed by atoms with Gasteiger partial charge in [0.2, 0.25) is 0 Å². The minimum atomic E-state index is -0.272. The number of ether oxygens (including phenoxy) is 1. The largest absolute Gasteiger partial charge is 0.393 e. The molecule has 2 saturated heterocycles. The van der Waals surface area contributed by atoms with Gasteiger partial charge in [-0.05, 0) is 50.0 Å². The van der Waals surface area contributed by atoms with Crippen LogP contribution in [-0.4, -0.2) is 51.6 Å². The average molecular weight is 367 g/mol. The Morgan fingerprint density at radius 2 is 2.00 bits per heavy atom. The van der Waals surface area contributed by atoms with E-state index in [1.807, 2.05) is 12.5 Å². The number of imidazole rings is 1. The highest BCUT2D eigenvalue weighted by Gasteiger charge is 2.34. The molecule has 3 aliphatic rings. The molecular formula is C22H29N3O2. The highest BCUT2D eigenvalue weighted by Crippen LogP contribution is 2.42. The number of likely N-dealkylation sites (tertiary alicyclic amines) is 1. The highest BCUT2D eigenvalue weighted by molar-refractivity contribution is 5.68. The maximum Gasteiger partial charge on any atom is 0.110 e. The summed E-state index contributed by atoms with van der Waals surface area (Å²) in [5, 5.41) is 11.0. The number of aliphatic hydroxyl groups is 1. The van der Waals surface area contributed by atoms with Crippen molar-refractivity contribution in [3.63, 3.8) is 0 Å². The lowest BCUT2D eigenvalue weighted by molar-refractivity contribution is -0.102. The van der Waals surface area contributed by atoms with Gasteiger partial charge in [-0.1, -0.05) is 24.3 Å². The molecular weight excluding hydrogens is 338 g/mol. The van der Waals surface area contributed by atoms with Crippen molar-refractivity contribution < 1.29 is 9.84 Å². The summed E-state index contributed by atoms with van der Waals surface area (Å²) in [4.78, 5) is 6.82. The van der Waals surface area contributed by atoms with Crippen molar-refractivity contribution >= 4 is 0 Å². The molecule has 5 rings (SSSR count). The SMILES string of the molecule is O[C@@H](C[C@H]1c2ccccc2-c2cncn21)C1CCN(C2CCCCO2)CC1. The minimum Gasteiger partial charge on any atom is -0.393 e. The Hall–Kier alpha value is -1.69. The van der Waals surface area contributed by atoms with Gasteiger partial charge in [-0.3, -0.25) is 4.90 Å². The van der Waals surface area contributed by atoms with Crippen molar-refractivity contribution in [1.29, 1.82) is 0 Å². The van der Waals surface area contributed by atoms with E-state index in [0.29, 0.717) is 12.1 Å². The Morgan fingerprint density at radius 1 is 1.15 bits per heavy atom. The van der Waals surface area contributed by atoms with Crippen LogP contribution in [-0.2, 0) is 4.74 Å². The molecule has 2 aromatic rings. The topological polar surface area (TPSA) is 50.5 Å².